The van der Waals surface area contributed by atoms with Gasteiger partial charge in [0, 0.05) is 43.4 Å². The fourth-order valence-electron chi connectivity index (χ4n) is 1.74. The Balaban J connectivity index is 2.36. The number of imidazole rings is 1. The number of hydrogen-bond acceptors (Lipinski definition) is 3. The molecular weight excluding hydrogens is 200 g/mol. The molecule has 84 valence electrons. The number of pyridine rings is 1. The minimum Gasteiger partial charge on any atom is -0.331 e. The van der Waals surface area contributed by atoms with Crippen molar-refractivity contribution in [1.82, 2.24) is 19.9 Å². The quantitative estimate of drug-likeness (QED) is 0.845. The number of rotatable bonds is 4. The van der Waals surface area contributed by atoms with Gasteiger partial charge in [-0.1, -0.05) is 0 Å². The first kappa shape index (κ1) is 10.8. The Morgan fingerprint density at radius 3 is 3.00 bits per heavy atom. The minimum absolute atomic E-state index is 0.827. The Bertz CT molecular complexity index is 462. The first-order valence-electron chi connectivity index (χ1n) is 5.45. The fourth-order valence-corrected chi connectivity index (χ4v) is 1.74. The smallest absolute Gasteiger partial charge is 0.141 e. The van der Waals surface area contributed by atoms with Gasteiger partial charge < -0.3 is 9.88 Å². The molecule has 2 aromatic heterocycles. The van der Waals surface area contributed by atoms with E-state index in [1.807, 2.05) is 31.8 Å². The molecule has 2 aromatic rings. The standard InChI is InChI=1S/C12H16N4/c1-3-16-5-4-15-12(16)11-6-10(7-13-2)8-14-9-11/h4-6,8-9,13H,3,7H2,1-2H3. The number of hydrogen-bond donors (Lipinski definition) is 1. The molecule has 0 bridgehead atoms. The average Bonchev–Trinajstić information content (AvgIpc) is 2.78. The Morgan fingerprint density at radius 1 is 1.38 bits per heavy atom. The Kier molecular flexibility index (Phi) is 3.31. The first-order valence-corrected chi connectivity index (χ1v) is 5.45. The van der Waals surface area contributed by atoms with E-state index in [1.54, 1.807) is 0 Å². The van der Waals surface area contributed by atoms with Crippen molar-refractivity contribution in [2.24, 2.45) is 0 Å². The van der Waals surface area contributed by atoms with E-state index in [0.29, 0.717) is 0 Å². The molecule has 2 rings (SSSR count). The summed E-state index contributed by atoms with van der Waals surface area (Å²) >= 11 is 0. The van der Waals surface area contributed by atoms with Gasteiger partial charge in [0.2, 0.25) is 0 Å². The van der Waals surface area contributed by atoms with Crippen molar-refractivity contribution >= 4 is 0 Å². The highest BCUT2D eigenvalue weighted by Gasteiger charge is 2.05. The van der Waals surface area contributed by atoms with Gasteiger partial charge in [-0.05, 0) is 25.6 Å². The van der Waals surface area contributed by atoms with Crippen LogP contribution in [-0.4, -0.2) is 21.6 Å². The zero-order valence-corrected chi connectivity index (χ0v) is 9.64. The van der Waals surface area contributed by atoms with Gasteiger partial charge in [-0.3, -0.25) is 4.98 Å². The van der Waals surface area contributed by atoms with Crippen molar-refractivity contribution in [2.75, 3.05) is 7.05 Å². The van der Waals surface area contributed by atoms with Crippen LogP contribution in [-0.2, 0) is 13.1 Å². The molecule has 0 unspecified atom stereocenters. The van der Waals surface area contributed by atoms with E-state index in [2.05, 4.69) is 32.8 Å². The van der Waals surface area contributed by atoms with Crippen LogP contribution in [0.4, 0.5) is 0 Å². The lowest BCUT2D eigenvalue weighted by Crippen LogP contribution is -2.05. The molecule has 2 heterocycles. The summed E-state index contributed by atoms with van der Waals surface area (Å²) in [7, 11) is 1.93. The van der Waals surface area contributed by atoms with Crippen LogP contribution in [0.3, 0.4) is 0 Å². The van der Waals surface area contributed by atoms with E-state index in [0.717, 1.165) is 24.5 Å². The summed E-state index contributed by atoms with van der Waals surface area (Å²) in [6.45, 7) is 3.86. The lowest BCUT2D eigenvalue weighted by molar-refractivity contribution is 0.769. The van der Waals surface area contributed by atoms with Crippen molar-refractivity contribution in [3.63, 3.8) is 0 Å². The van der Waals surface area contributed by atoms with Crippen LogP contribution in [0.5, 0.6) is 0 Å². The van der Waals surface area contributed by atoms with E-state index in [9.17, 15) is 0 Å². The van der Waals surface area contributed by atoms with Crippen molar-refractivity contribution in [2.45, 2.75) is 20.0 Å². The van der Waals surface area contributed by atoms with Crippen LogP contribution in [0, 0.1) is 0 Å². The molecule has 0 aromatic carbocycles. The second-order valence-electron chi connectivity index (χ2n) is 3.65. The molecule has 0 radical (unpaired) electrons. The summed E-state index contributed by atoms with van der Waals surface area (Å²) < 4.78 is 2.11. The molecule has 0 fully saturated rings. The van der Waals surface area contributed by atoms with Crippen molar-refractivity contribution in [3.05, 3.63) is 36.4 Å². The zero-order valence-electron chi connectivity index (χ0n) is 9.64. The van der Waals surface area contributed by atoms with E-state index in [-0.39, 0.29) is 0 Å². The van der Waals surface area contributed by atoms with Crippen LogP contribution in [0.25, 0.3) is 11.4 Å². The molecule has 4 heteroatoms. The molecule has 0 atom stereocenters. The van der Waals surface area contributed by atoms with Gasteiger partial charge in [0.05, 0.1) is 0 Å². The lowest BCUT2D eigenvalue weighted by Gasteiger charge is -2.06. The lowest BCUT2D eigenvalue weighted by atomic mass is 10.2. The molecule has 0 aliphatic carbocycles. The Morgan fingerprint density at radius 2 is 2.25 bits per heavy atom. The Hall–Kier alpha value is -1.68. The maximum absolute atomic E-state index is 4.36. The summed E-state index contributed by atoms with van der Waals surface area (Å²) in [6.07, 6.45) is 7.54. The van der Waals surface area contributed by atoms with Gasteiger partial charge in [-0.15, -0.1) is 0 Å². The van der Waals surface area contributed by atoms with Gasteiger partial charge in [0.25, 0.3) is 0 Å². The summed E-state index contributed by atoms with van der Waals surface area (Å²) in [6, 6.07) is 2.12. The van der Waals surface area contributed by atoms with E-state index < -0.39 is 0 Å². The zero-order chi connectivity index (χ0) is 11.4. The molecule has 16 heavy (non-hydrogen) atoms. The average molecular weight is 216 g/mol. The summed E-state index contributed by atoms with van der Waals surface area (Å²) in [4.78, 5) is 8.60. The molecule has 1 N–H and O–H groups in total. The van der Waals surface area contributed by atoms with E-state index >= 15 is 0 Å². The van der Waals surface area contributed by atoms with Gasteiger partial charge in [-0.2, -0.15) is 0 Å². The maximum Gasteiger partial charge on any atom is 0.141 e. The summed E-state index contributed by atoms with van der Waals surface area (Å²) in [5.41, 5.74) is 2.24. The normalized spacial score (nSPS) is 10.6. The molecule has 0 aliphatic rings. The second kappa shape index (κ2) is 4.90. The predicted molar refractivity (Wildman–Crippen MR) is 63.9 cm³/mol. The molecule has 0 amide bonds. The van der Waals surface area contributed by atoms with Crippen LogP contribution in [0.15, 0.2) is 30.9 Å². The van der Waals surface area contributed by atoms with Gasteiger partial charge in [-0.25, -0.2) is 4.98 Å². The first-order chi connectivity index (χ1) is 7.85. The molecule has 0 aliphatic heterocycles. The summed E-state index contributed by atoms with van der Waals surface area (Å²) in [5, 5.41) is 3.12. The number of aryl methyl sites for hydroxylation is 1. The number of nitrogens with one attached hydrogen (secondary N) is 1. The highest BCUT2D eigenvalue weighted by Crippen LogP contribution is 2.17. The number of nitrogens with zero attached hydrogens (tertiary/aromatic N) is 3. The van der Waals surface area contributed by atoms with E-state index in [4.69, 9.17) is 0 Å². The predicted octanol–water partition coefficient (Wildman–Crippen LogP) is 1.68. The molecular formula is C12H16N4. The van der Waals surface area contributed by atoms with Crippen molar-refractivity contribution in [3.8, 4) is 11.4 Å². The molecule has 0 saturated carbocycles. The molecule has 0 saturated heterocycles. The monoisotopic (exact) mass is 216 g/mol. The van der Waals surface area contributed by atoms with Crippen LogP contribution in [0.1, 0.15) is 12.5 Å². The second-order valence-corrected chi connectivity index (χ2v) is 3.65. The van der Waals surface area contributed by atoms with Crippen LogP contribution >= 0.6 is 0 Å². The third-order valence-electron chi connectivity index (χ3n) is 2.49. The highest BCUT2D eigenvalue weighted by atomic mass is 15.1. The number of aromatic nitrogens is 3. The topological polar surface area (TPSA) is 42.7 Å². The molecule has 4 nitrogen and oxygen atoms in total. The maximum atomic E-state index is 4.36. The van der Waals surface area contributed by atoms with Gasteiger partial charge >= 0.3 is 0 Å². The largest absolute Gasteiger partial charge is 0.331 e. The molecule has 0 spiro atoms. The van der Waals surface area contributed by atoms with Gasteiger partial charge in [0.1, 0.15) is 5.82 Å². The van der Waals surface area contributed by atoms with Crippen molar-refractivity contribution < 1.29 is 0 Å². The van der Waals surface area contributed by atoms with Crippen molar-refractivity contribution in [1.29, 1.82) is 0 Å². The SMILES string of the molecule is CCn1ccnc1-c1cncc(CNC)c1. The minimum atomic E-state index is 0.827. The van der Waals surface area contributed by atoms with Crippen LogP contribution in [0.2, 0.25) is 0 Å². The fraction of sp³-hybridized carbons (Fsp3) is 0.333. The van der Waals surface area contributed by atoms with Gasteiger partial charge in [0.15, 0.2) is 0 Å². The van der Waals surface area contributed by atoms with Crippen LogP contribution < -0.4 is 5.32 Å². The Labute approximate surface area is 95.4 Å². The third-order valence-corrected chi connectivity index (χ3v) is 2.49. The third kappa shape index (κ3) is 2.12. The highest BCUT2D eigenvalue weighted by molar-refractivity contribution is 5.55. The summed E-state index contributed by atoms with van der Waals surface area (Å²) in [5.74, 6) is 0.980. The van der Waals surface area contributed by atoms with E-state index in [1.165, 1.54) is 5.56 Å².